The van der Waals surface area contributed by atoms with Gasteiger partial charge < -0.3 is 10.4 Å². The second-order valence-corrected chi connectivity index (χ2v) is 4.34. The number of rotatable bonds is 6. The fraction of sp³-hybridized carbons (Fsp3) is 0.385. The standard InChI is InChI=1S/C13H16FNO3/c1-8(2)15-11(7-12(16)17)13(18)9-3-5-10(14)6-4-9/h3-6,8,11,15H,7H2,1-2H3,(H,16,17). The molecule has 1 aromatic rings. The molecule has 4 nitrogen and oxygen atoms in total. The molecule has 0 bridgehead atoms. The number of hydrogen-bond acceptors (Lipinski definition) is 3. The Labute approximate surface area is 105 Å². The van der Waals surface area contributed by atoms with Crippen LogP contribution in [0.15, 0.2) is 24.3 Å². The van der Waals surface area contributed by atoms with Crippen LogP contribution in [0.3, 0.4) is 0 Å². The van der Waals surface area contributed by atoms with Gasteiger partial charge in [-0.25, -0.2) is 4.39 Å². The number of carbonyl (C=O) groups excluding carboxylic acids is 1. The first kappa shape index (κ1) is 14.3. The first-order chi connectivity index (χ1) is 8.40. The summed E-state index contributed by atoms with van der Waals surface area (Å²) in [4.78, 5) is 22.8. The molecule has 2 N–H and O–H groups in total. The lowest BCUT2D eigenvalue weighted by Crippen LogP contribution is -2.42. The number of hydrogen-bond donors (Lipinski definition) is 2. The zero-order valence-corrected chi connectivity index (χ0v) is 10.3. The molecule has 0 saturated carbocycles. The molecule has 0 aromatic heterocycles. The predicted octanol–water partition coefficient (Wildman–Crippen LogP) is 1.85. The second-order valence-electron chi connectivity index (χ2n) is 4.34. The zero-order valence-electron chi connectivity index (χ0n) is 10.3. The average molecular weight is 253 g/mol. The fourth-order valence-electron chi connectivity index (χ4n) is 1.62. The van der Waals surface area contributed by atoms with Crippen LogP contribution in [-0.2, 0) is 4.79 Å². The number of benzene rings is 1. The third-order valence-corrected chi connectivity index (χ3v) is 2.36. The minimum atomic E-state index is -1.05. The molecule has 1 aromatic carbocycles. The van der Waals surface area contributed by atoms with Gasteiger partial charge in [-0.2, -0.15) is 0 Å². The molecule has 98 valence electrons. The largest absolute Gasteiger partial charge is 0.481 e. The lowest BCUT2D eigenvalue weighted by atomic mass is 10.0. The van der Waals surface area contributed by atoms with Crippen LogP contribution in [0.25, 0.3) is 0 Å². The summed E-state index contributed by atoms with van der Waals surface area (Å²) in [6, 6.07) is 4.26. The summed E-state index contributed by atoms with van der Waals surface area (Å²) < 4.78 is 12.8. The van der Waals surface area contributed by atoms with E-state index in [4.69, 9.17) is 5.11 Å². The van der Waals surface area contributed by atoms with Crippen LogP contribution in [0.2, 0.25) is 0 Å². The lowest BCUT2D eigenvalue weighted by Gasteiger charge is -2.18. The van der Waals surface area contributed by atoms with Gasteiger partial charge in [-0.1, -0.05) is 13.8 Å². The highest BCUT2D eigenvalue weighted by atomic mass is 19.1. The first-order valence-electron chi connectivity index (χ1n) is 5.67. The van der Waals surface area contributed by atoms with Crippen LogP contribution in [-0.4, -0.2) is 28.9 Å². The van der Waals surface area contributed by atoms with Gasteiger partial charge in [0.15, 0.2) is 5.78 Å². The molecule has 0 fully saturated rings. The fourth-order valence-corrected chi connectivity index (χ4v) is 1.62. The molecule has 0 saturated heterocycles. The smallest absolute Gasteiger partial charge is 0.305 e. The third-order valence-electron chi connectivity index (χ3n) is 2.36. The SMILES string of the molecule is CC(C)NC(CC(=O)O)C(=O)c1ccc(F)cc1. The van der Waals surface area contributed by atoms with Crippen LogP contribution in [0.1, 0.15) is 30.6 Å². The highest BCUT2D eigenvalue weighted by Crippen LogP contribution is 2.09. The zero-order chi connectivity index (χ0) is 13.7. The molecule has 1 rings (SSSR count). The maximum Gasteiger partial charge on any atom is 0.305 e. The van der Waals surface area contributed by atoms with Crippen LogP contribution in [0, 0.1) is 5.82 Å². The van der Waals surface area contributed by atoms with Crippen molar-refractivity contribution in [3.8, 4) is 0 Å². The Hall–Kier alpha value is -1.75. The molecule has 0 heterocycles. The Bertz CT molecular complexity index is 428. The van der Waals surface area contributed by atoms with E-state index >= 15 is 0 Å². The van der Waals surface area contributed by atoms with E-state index in [-0.39, 0.29) is 18.2 Å². The van der Waals surface area contributed by atoms with Gasteiger partial charge in [-0.15, -0.1) is 0 Å². The highest BCUT2D eigenvalue weighted by molar-refractivity contribution is 6.01. The van der Waals surface area contributed by atoms with E-state index in [9.17, 15) is 14.0 Å². The summed E-state index contributed by atoms with van der Waals surface area (Å²) in [5, 5.41) is 11.7. The number of carbonyl (C=O) groups is 2. The molecular weight excluding hydrogens is 237 g/mol. The summed E-state index contributed by atoms with van der Waals surface area (Å²) in [5.41, 5.74) is 0.302. The summed E-state index contributed by atoms with van der Waals surface area (Å²) in [6.45, 7) is 3.65. The van der Waals surface area contributed by atoms with Gasteiger partial charge in [0.2, 0.25) is 0 Å². The number of carboxylic acids is 1. The van der Waals surface area contributed by atoms with Gasteiger partial charge in [0, 0.05) is 11.6 Å². The topological polar surface area (TPSA) is 66.4 Å². The normalized spacial score (nSPS) is 12.4. The Morgan fingerprint density at radius 2 is 1.83 bits per heavy atom. The van der Waals surface area contributed by atoms with E-state index in [2.05, 4.69) is 5.32 Å². The van der Waals surface area contributed by atoms with E-state index in [1.807, 2.05) is 13.8 Å². The Balaban J connectivity index is 2.87. The molecule has 0 aliphatic heterocycles. The molecule has 5 heteroatoms. The Morgan fingerprint density at radius 3 is 2.28 bits per heavy atom. The van der Waals surface area contributed by atoms with Crippen LogP contribution in [0.4, 0.5) is 4.39 Å². The number of ketones is 1. The van der Waals surface area contributed by atoms with E-state index < -0.39 is 17.8 Å². The van der Waals surface area contributed by atoms with Crippen molar-refractivity contribution in [2.24, 2.45) is 0 Å². The molecule has 0 spiro atoms. The van der Waals surface area contributed by atoms with Gasteiger partial charge in [0.05, 0.1) is 12.5 Å². The predicted molar refractivity (Wildman–Crippen MR) is 65.0 cm³/mol. The van der Waals surface area contributed by atoms with E-state index in [0.717, 1.165) is 0 Å². The van der Waals surface area contributed by atoms with E-state index in [1.54, 1.807) is 0 Å². The Kier molecular flexibility index (Phi) is 4.97. The average Bonchev–Trinajstić information content (AvgIpc) is 2.27. The summed E-state index contributed by atoms with van der Waals surface area (Å²) in [7, 11) is 0. The van der Waals surface area contributed by atoms with E-state index in [1.165, 1.54) is 24.3 Å². The van der Waals surface area contributed by atoms with Crippen molar-refractivity contribution in [3.63, 3.8) is 0 Å². The maximum atomic E-state index is 12.8. The van der Waals surface area contributed by atoms with Crippen molar-refractivity contribution in [2.75, 3.05) is 0 Å². The molecule has 0 amide bonds. The highest BCUT2D eigenvalue weighted by Gasteiger charge is 2.23. The number of Topliss-reactive ketones (excluding diaryl/α,β-unsaturated/α-hetero) is 1. The maximum absolute atomic E-state index is 12.8. The molecule has 1 atom stereocenters. The number of nitrogens with one attached hydrogen (secondary N) is 1. The van der Waals surface area contributed by atoms with Gasteiger partial charge in [0.1, 0.15) is 5.82 Å². The quantitative estimate of drug-likeness (QED) is 0.759. The second kappa shape index (κ2) is 6.26. The van der Waals surface area contributed by atoms with Crippen molar-refractivity contribution in [3.05, 3.63) is 35.6 Å². The number of carboxylic acid groups (broad SMARTS) is 1. The van der Waals surface area contributed by atoms with Gasteiger partial charge in [-0.3, -0.25) is 9.59 Å². The lowest BCUT2D eigenvalue weighted by molar-refractivity contribution is -0.137. The number of halogens is 1. The van der Waals surface area contributed by atoms with Crippen molar-refractivity contribution in [1.82, 2.24) is 5.32 Å². The molecule has 0 aliphatic rings. The third kappa shape index (κ3) is 4.25. The summed E-state index contributed by atoms with van der Waals surface area (Å²) in [5.74, 6) is -1.83. The van der Waals surface area contributed by atoms with Crippen LogP contribution in [0.5, 0.6) is 0 Å². The summed E-state index contributed by atoms with van der Waals surface area (Å²) >= 11 is 0. The van der Waals surface area contributed by atoms with Crippen molar-refractivity contribution >= 4 is 11.8 Å². The van der Waals surface area contributed by atoms with Crippen molar-refractivity contribution in [2.45, 2.75) is 32.4 Å². The van der Waals surface area contributed by atoms with Gasteiger partial charge >= 0.3 is 5.97 Å². The molecular formula is C13H16FNO3. The minimum absolute atomic E-state index is 0.0150. The van der Waals surface area contributed by atoms with Crippen LogP contribution < -0.4 is 5.32 Å². The molecule has 0 radical (unpaired) electrons. The van der Waals surface area contributed by atoms with Gasteiger partial charge in [-0.05, 0) is 24.3 Å². The summed E-state index contributed by atoms with van der Waals surface area (Å²) in [6.07, 6.45) is -0.297. The molecule has 18 heavy (non-hydrogen) atoms. The van der Waals surface area contributed by atoms with Crippen molar-refractivity contribution in [1.29, 1.82) is 0 Å². The van der Waals surface area contributed by atoms with Crippen molar-refractivity contribution < 1.29 is 19.1 Å². The molecule has 1 unspecified atom stereocenters. The first-order valence-corrected chi connectivity index (χ1v) is 5.67. The number of aliphatic carboxylic acids is 1. The van der Waals surface area contributed by atoms with Gasteiger partial charge in [0.25, 0.3) is 0 Å². The minimum Gasteiger partial charge on any atom is -0.481 e. The van der Waals surface area contributed by atoms with E-state index in [0.29, 0.717) is 5.56 Å². The molecule has 0 aliphatic carbocycles. The monoisotopic (exact) mass is 253 g/mol. The Morgan fingerprint density at radius 1 is 1.28 bits per heavy atom. The van der Waals surface area contributed by atoms with Crippen LogP contribution >= 0.6 is 0 Å².